The van der Waals surface area contributed by atoms with Crippen molar-refractivity contribution < 1.29 is 22.4 Å². The predicted octanol–water partition coefficient (Wildman–Crippen LogP) is 4.71. The van der Waals surface area contributed by atoms with E-state index in [1.165, 1.54) is 41.3 Å². The number of halogens is 4. The van der Waals surface area contributed by atoms with Crippen LogP contribution in [0.4, 0.5) is 17.6 Å². The number of rotatable bonds is 4. The first-order valence-corrected chi connectivity index (χ1v) is 7.42. The molecule has 0 N–H and O–H groups in total. The van der Waals surface area contributed by atoms with Crippen LogP contribution in [0.1, 0.15) is 15.9 Å². The first-order chi connectivity index (χ1) is 10.7. The van der Waals surface area contributed by atoms with E-state index < -0.39 is 5.51 Å². The van der Waals surface area contributed by atoms with Crippen molar-refractivity contribution in [1.82, 2.24) is 4.90 Å². The summed E-state index contributed by atoms with van der Waals surface area (Å²) in [5.41, 5.74) is -3.31. The van der Waals surface area contributed by atoms with Gasteiger partial charge in [-0.05, 0) is 53.7 Å². The molecule has 2 nitrogen and oxygen atoms in total. The Morgan fingerprint density at radius 3 is 2.13 bits per heavy atom. The molecule has 0 atom stereocenters. The number of alkyl halides is 3. The van der Waals surface area contributed by atoms with Crippen LogP contribution in [0.5, 0.6) is 0 Å². The van der Waals surface area contributed by atoms with Gasteiger partial charge in [0.15, 0.2) is 0 Å². The summed E-state index contributed by atoms with van der Waals surface area (Å²) in [5.74, 6) is -0.682. The van der Waals surface area contributed by atoms with Crippen molar-refractivity contribution in [2.45, 2.75) is 16.9 Å². The van der Waals surface area contributed by atoms with E-state index in [4.69, 9.17) is 0 Å². The van der Waals surface area contributed by atoms with Gasteiger partial charge < -0.3 is 4.90 Å². The van der Waals surface area contributed by atoms with E-state index in [1.807, 2.05) is 0 Å². The topological polar surface area (TPSA) is 20.3 Å². The summed E-state index contributed by atoms with van der Waals surface area (Å²) < 4.78 is 49.6. The van der Waals surface area contributed by atoms with Crippen LogP contribution in [0.15, 0.2) is 53.4 Å². The number of carbonyl (C=O) groups is 1. The lowest BCUT2D eigenvalue weighted by Gasteiger charge is -2.17. The molecule has 0 radical (unpaired) electrons. The molecule has 0 heterocycles. The number of benzene rings is 2. The third-order valence-electron chi connectivity index (χ3n) is 3.01. The molecule has 0 saturated carbocycles. The first-order valence-electron chi connectivity index (χ1n) is 6.60. The molecule has 0 aliphatic heterocycles. The van der Waals surface area contributed by atoms with Crippen molar-refractivity contribution in [2.75, 3.05) is 7.05 Å². The monoisotopic (exact) mass is 343 g/mol. The second kappa shape index (κ2) is 7.04. The van der Waals surface area contributed by atoms with Crippen LogP contribution in [0.25, 0.3) is 0 Å². The van der Waals surface area contributed by atoms with Crippen LogP contribution in [-0.4, -0.2) is 23.4 Å². The lowest BCUT2D eigenvalue weighted by Crippen LogP contribution is -2.26. The zero-order valence-corrected chi connectivity index (χ0v) is 12.9. The second-order valence-electron chi connectivity index (χ2n) is 4.86. The SMILES string of the molecule is CN(Cc1ccc(F)cc1)C(=O)c1ccc(SC(F)(F)F)cc1. The molecule has 0 spiro atoms. The molecule has 122 valence electrons. The van der Waals surface area contributed by atoms with Crippen LogP contribution in [-0.2, 0) is 6.54 Å². The molecule has 0 bridgehead atoms. The molecule has 0 saturated heterocycles. The molecule has 2 aromatic carbocycles. The Labute approximate surface area is 135 Å². The van der Waals surface area contributed by atoms with Crippen molar-refractivity contribution in [3.8, 4) is 0 Å². The van der Waals surface area contributed by atoms with E-state index >= 15 is 0 Å². The van der Waals surface area contributed by atoms with Gasteiger partial charge in [0.05, 0.1) is 0 Å². The van der Waals surface area contributed by atoms with Crippen LogP contribution in [0.2, 0.25) is 0 Å². The third kappa shape index (κ3) is 5.28. The number of nitrogens with zero attached hydrogens (tertiary/aromatic N) is 1. The van der Waals surface area contributed by atoms with Crippen molar-refractivity contribution >= 4 is 17.7 Å². The highest BCUT2D eigenvalue weighted by Crippen LogP contribution is 2.36. The first kappa shape index (κ1) is 17.3. The molecule has 2 rings (SSSR count). The smallest absolute Gasteiger partial charge is 0.337 e. The number of carbonyl (C=O) groups excluding carboxylic acids is 1. The molecule has 1 amide bonds. The van der Waals surface area contributed by atoms with Crippen molar-refractivity contribution in [3.63, 3.8) is 0 Å². The summed E-state index contributed by atoms with van der Waals surface area (Å²) in [6, 6.07) is 11.0. The Balaban J connectivity index is 2.03. The third-order valence-corrected chi connectivity index (χ3v) is 3.75. The normalized spacial score (nSPS) is 11.3. The molecular formula is C16H13F4NOS. The zero-order chi connectivity index (χ0) is 17.0. The molecule has 23 heavy (non-hydrogen) atoms. The Morgan fingerprint density at radius 2 is 1.61 bits per heavy atom. The van der Waals surface area contributed by atoms with E-state index in [-0.39, 0.29) is 34.9 Å². The lowest BCUT2D eigenvalue weighted by atomic mass is 10.1. The average molecular weight is 343 g/mol. The lowest BCUT2D eigenvalue weighted by molar-refractivity contribution is -0.0328. The minimum Gasteiger partial charge on any atom is -0.337 e. The van der Waals surface area contributed by atoms with Gasteiger partial charge in [-0.25, -0.2) is 4.39 Å². The van der Waals surface area contributed by atoms with Crippen LogP contribution >= 0.6 is 11.8 Å². The summed E-state index contributed by atoms with van der Waals surface area (Å²) in [6.07, 6.45) is 0. The Kier molecular flexibility index (Phi) is 5.30. The fourth-order valence-corrected chi connectivity index (χ4v) is 2.49. The van der Waals surface area contributed by atoms with Crippen LogP contribution in [0.3, 0.4) is 0 Å². The van der Waals surface area contributed by atoms with Crippen LogP contribution in [0, 0.1) is 5.82 Å². The minimum absolute atomic E-state index is 0.0234. The van der Waals surface area contributed by atoms with Gasteiger partial charge in [0.1, 0.15) is 5.82 Å². The molecule has 7 heteroatoms. The summed E-state index contributed by atoms with van der Waals surface area (Å²) in [5, 5.41) is 0. The highest BCUT2D eigenvalue weighted by atomic mass is 32.2. The van der Waals surface area contributed by atoms with E-state index in [1.54, 1.807) is 19.2 Å². The van der Waals surface area contributed by atoms with E-state index in [0.29, 0.717) is 5.56 Å². The molecule has 0 unspecified atom stereocenters. The number of thioether (sulfide) groups is 1. The number of amides is 1. The predicted molar refractivity (Wildman–Crippen MR) is 80.6 cm³/mol. The highest BCUT2D eigenvalue weighted by Gasteiger charge is 2.29. The molecule has 2 aromatic rings. The average Bonchev–Trinajstić information content (AvgIpc) is 2.48. The molecule has 0 aliphatic carbocycles. The van der Waals surface area contributed by atoms with E-state index in [2.05, 4.69) is 0 Å². The van der Waals surface area contributed by atoms with Gasteiger partial charge in [-0.3, -0.25) is 4.79 Å². The largest absolute Gasteiger partial charge is 0.446 e. The van der Waals surface area contributed by atoms with Gasteiger partial charge in [0, 0.05) is 24.1 Å². The quantitative estimate of drug-likeness (QED) is 0.592. The Hall–Kier alpha value is -2.02. The van der Waals surface area contributed by atoms with Crippen molar-refractivity contribution in [1.29, 1.82) is 0 Å². The minimum atomic E-state index is -4.36. The highest BCUT2D eigenvalue weighted by molar-refractivity contribution is 8.00. The van der Waals surface area contributed by atoms with Crippen LogP contribution < -0.4 is 0 Å². The standard InChI is InChI=1S/C16H13F4NOS/c1-21(10-11-2-6-13(17)7-3-11)15(22)12-4-8-14(9-5-12)23-16(18,19)20/h2-9H,10H2,1H3. The molecule has 0 fully saturated rings. The Morgan fingerprint density at radius 1 is 1.04 bits per heavy atom. The second-order valence-corrected chi connectivity index (χ2v) is 6.00. The van der Waals surface area contributed by atoms with Gasteiger partial charge >= 0.3 is 5.51 Å². The molecule has 0 aromatic heterocycles. The van der Waals surface area contributed by atoms with Gasteiger partial charge in [-0.15, -0.1) is 0 Å². The van der Waals surface area contributed by atoms with Gasteiger partial charge in [-0.1, -0.05) is 12.1 Å². The maximum absolute atomic E-state index is 12.8. The fourth-order valence-electron chi connectivity index (χ4n) is 1.96. The molecule has 0 aliphatic rings. The summed E-state index contributed by atoms with van der Waals surface area (Å²) in [4.78, 5) is 13.7. The molecular weight excluding hydrogens is 330 g/mol. The summed E-state index contributed by atoms with van der Waals surface area (Å²) in [6.45, 7) is 0.276. The fraction of sp³-hybridized carbons (Fsp3) is 0.188. The zero-order valence-electron chi connectivity index (χ0n) is 12.1. The van der Waals surface area contributed by atoms with E-state index in [9.17, 15) is 22.4 Å². The maximum atomic E-state index is 12.8. The van der Waals surface area contributed by atoms with Crippen molar-refractivity contribution in [3.05, 3.63) is 65.5 Å². The Bertz CT molecular complexity index is 668. The number of hydrogen-bond acceptors (Lipinski definition) is 2. The van der Waals surface area contributed by atoms with Gasteiger partial charge in [0.25, 0.3) is 5.91 Å². The summed E-state index contributed by atoms with van der Waals surface area (Å²) >= 11 is -0.227. The maximum Gasteiger partial charge on any atom is 0.446 e. The van der Waals surface area contributed by atoms with Gasteiger partial charge in [-0.2, -0.15) is 13.2 Å². The van der Waals surface area contributed by atoms with Gasteiger partial charge in [0.2, 0.25) is 0 Å². The summed E-state index contributed by atoms with van der Waals surface area (Å²) in [7, 11) is 1.57. The van der Waals surface area contributed by atoms with E-state index in [0.717, 1.165) is 5.56 Å². The number of hydrogen-bond donors (Lipinski definition) is 0. The van der Waals surface area contributed by atoms with Crippen molar-refractivity contribution in [2.24, 2.45) is 0 Å².